The van der Waals surface area contributed by atoms with E-state index in [2.05, 4.69) is 13.8 Å². The molecule has 88 heavy (non-hydrogen) atoms. The standard InChI is InChI=1S/C72H118N6O10/c1-9-13-15-17-23-29-37-58-56(35-27-16-14-10-2)39-40-57(36-28-22-18-20-25-32-47-74(63(80)12-4)61-51-69(86)78(71(61)88)72(7,8)52-54(5)45-49-75-64(81)41-42-65(75)82)59(58)38-30-24-19-21-26-31-46-73(62(79)11-3)60-50-68(85)76(70(60)87)48-33-34-55(6)53-77-66(83)43-44-67(77)84/h41-44,54-61H,9-40,45-53H2,1-8H3. The second kappa shape index (κ2) is 38.6. The summed E-state index contributed by atoms with van der Waals surface area (Å²) >= 11 is 0. The topological polar surface area (TPSA) is 190 Å². The van der Waals surface area contributed by atoms with Gasteiger partial charge in [-0.25, -0.2) is 0 Å². The summed E-state index contributed by atoms with van der Waals surface area (Å²) < 4.78 is 0. The summed E-state index contributed by atoms with van der Waals surface area (Å²) in [4.78, 5) is 138. The van der Waals surface area contributed by atoms with Gasteiger partial charge in [0.15, 0.2) is 0 Å². The number of carbonyl (C=O) groups is 10. The molecule has 4 heterocycles. The zero-order valence-electron chi connectivity index (χ0n) is 56.2. The highest BCUT2D eigenvalue weighted by molar-refractivity contribution is 6.13. The van der Waals surface area contributed by atoms with Crippen molar-refractivity contribution in [1.82, 2.24) is 29.4 Å². The number of rotatable bonds is 46. The van der Waals surface area contributed by atoms with E-state index in [1.807, 2.05) is 41.5 Å². The van der Waals surface area contributed by atoms with Crippen LogP contribution < -0.4 is 0 Å². The number of amides is 10. The lowest BCUT2D eigenvalue weighted by molar-refractivity contribution is -0.149. The summed E-state index contributed by atoms with van der Waals surface area (Å²) in [5.74, 6) is 0.631. The average Bonchev–Trinajstić information content (AvgIpc) is 2.40. The van der Waals surface area contributed by atoms with Crippen LogP contribution in [0.2, 0.25) is 0 Å². The van der Waals surface area contributed by atoms with E-state index in [1.165, 1.54) is 172 Å². The van der Waals surface area contributed by atoms with Crippen molar-refractivity contribution >= 4 is 59.1 Å². The van der Waals surface area contributed by atoms with Gasteiger partial charge in [0, 0.05) is 75.4 Å². The Kier molecular flexibility index (Phi) is 32.4. The van der Waals surface area contributed by atoms with Crippen LogP contribution in [0.1, 0.15) is 287 Å². The summed E-state index contributed by atoms with van der Waals surface area (Å²) in [5, 5.41) is 0. The number of carbonyl (C=O) groups excluding carboxylic acids is 10. The van der Waals surface area contributed by atoms with Crippen LogP contribution in [0, 0.1) is 35.5 Å². The zero-order valence-corrected chi connectivity index (χ0v) is 56.2. The lowest BCUT2D eigenvalue weighted by Gasteiger charge is -2.44. The molecule has 16 heteroatoms. The van der Waals surface area contributed by atoms with Crippen LogP contribution in [0.4, 0.5) is 0 Å². The van der Waals surface area contributed by atoms with Gasteiger partial charge in [-0.15, -0.1) is 0 Å². The Morgan fingerprint density at radius 1 is 0.466 bits per heavy atom. The van der Waals surface area contributed by atoms with E-state index >= 15 is 0 Å². The van der Waals surface area contributed by atoms with Crippen molar-refractivity contribution < 1.29 is 47.9 Å². The van der Waals surface area contributed by atoms with Crippen LogP contribution in [0.3, 0.4) is 0 Å². The summed E-state index contributed by atoms with van der Waals surface area (Å²) in [5.41, 5.74) is -0.796. The third-order valence-electron chi connectivity index (χ3n) is 20.4. The molecule has 3 fully saturated rings. The fourth-order valence-corrected chi connectivity index (χ4v) is 15.5. The van der Waals surface area contributed by atoms with Crippen LogP contribution in [0.25, 0.3) is 0 Å². The number of imide groups is 4. The molecule has 1 aliphatic carbocycles. The van der Waals surface area contributed by atoms with Gasteiger partial charge in [0.25, 0.3) is 35.4 Å². The van der Waals surface area contributed by atoms with Crippen molar-refractivity contribution in [3.8, 4) is 0 Å². The lowest BCUT2D eigenvalue weighted by Crippen LogP contribution is -2.52. The smallest absolute Gasteiger partial charge is 0.253 e. The average molecular weight is 1230 g/mol. The fraction of sp³-hybridized carbons (Fsp3) is 0.806. The van der Waals surface area contributed by atoms with E-state index in [1.54, 1.807) is 9.80 Å². The first-order valence-corrected chi connectivity index (χ1v) is 35.6. The van der Waals surface area contributed by atoms with Crippen LogP contribution >= 0.6 is 0 Å². The van der Waals surface area contributed by atoms with Crippen LogP contribution in [-0.4, -0.2) is 139 Å². The normalized spacial score (nSPS) is 22.2. The third kappa shape index (κ3) is 22.4. The summed E-state index contributed by atoms with van der Waals surface area (Å²) in [6.07, 6.45) is 42.1. The Hall–Kier alpha value is -5.02. The molecule has 16 nitrogen and oxygen atoms in total. The third-order valence-corrected chi connectivity index (χ3v) is 20.4. The first kappa shape index (κ1) is 73.7. The lowest BCUT2D eigenvalue weighted by atomic mass is 9.61. The maximum atomic E-state index is 14.1. The van der Waals surface area contributed by atoms with Crippen LogP contribution in [0.15, 0.2) is 24.3 Å². The van der Waals surface area contributed by atoms with E-state index in [9.17, 15) is 47.9 Å². The van der Waals surface area contributed by atoms with E-state index in [0.717, 1.165) is 75.0 Å². The van der Waals surface area contributed by atoms with Crippen molar-refractivity contribution in [2.24, 2.45) is 35.5 Å². The molecule has 1 saturated carbocycles. The predicted molar refractivity (Wildman–Crippen MR) is 347 cm³/mol. The molecule has 0 aromatic heterocycles. The molecule has 8 unspecified atom stereocenters. The highest BCUT2D eigenvalue weighted by Crippen LogP contribution is 2.48. The molecule has 0 aromatic carbocycles. The van der Waals surface area contributed by atoms with Crippen molar-refractivity contribution in [1.29, 1.82) is 0 Å². The molecular weight excluding hydrogens is 1110 g/mol. The maximum absolute atomic E-state index is 14.1. The van der Waals surface area contributed by atoms with Crippen molar-refractivity contribution in [3.05, 3.63) is 24.3 Å². The van der Waals surface area contributed by atoms with Gasteiger partial charge in [0.2, 0.25) is 23.6 Å². The van der Waals surface area contributed by atoms with Gasteiger partial charge in [0.1, 0.15) is 12.1 Å². The molecule has 2 saturated heterocycles. The van der Waals surface area contributed by atoms with Crippen LogP contribution in [0.5, 0.6) is 0 Å². The summed E-state index contributed by atoms with van der Waals surface area (Å²) in [7, 11) is 0. The Balaban J connectivity index is 1.08. The largest absolute Gasteiger partial charge is 0.330 e. The Morgan fingerprint density at radius 3 is 1.35 bits per heavy atom. The Bertz CT molecular complexity index is 2310. The first-order chi connectivity index (χ1) is 42.3. The van der Waals surface area contributed by atoms with Gasteiger partial charge >= 0.3 is 0 Å². The number of hydrogen-bond donors (Lipinski definition) is 0. The zero-order chi connectivity index (χ0) is 64.2. The molecule has 0 aromatic rings. The molecule has 5 aliphatic rings. The molecule has 8 atom stereocenters. The fourth-order valence-electron chi connectivity index (χ4n) is 15.5. The Labute approximate surface area is 530 Å². The first-order valence-electron chi connectivity index (χ1n) is 35.6. The van der Waals surface area contributed by atoms with Crippen molar-refractivity contribution in [2.45, 2.75) is 304 Å². The second-order valence-electron chi connectivity index (χ2n) is 27.9. The number of unbranched alkanes of at least 4 members (excludes halogenated alkanes) is 18. The highest BCUT2D eigenvalue weighted by atomic mass is 16.2. The van der Waals surface area contributed by atoms with Crippen molar-refractivity contribution in [2.75, 3.05) is 32.7 Å². The highest BCUT2D eigenvalue weighted by Gasteiger charge is 2.49. The van der Waals surface area contributed by atoms with Crippen molar-refractivity contribution in [3.63, 3.8) is 0 Å². The SMILES string of the molecule is CCCCCCCCC1C(CCCCCC)CCC(CCCCCCCCN(C(=O)CC)C2CC(=O)N(C(C)(C)CC(C)CCN3C(=O)C=CC3=O)C2=O)C1CCCCCCCCN(C(=O)CC)C1CC(=O)N(CCCC(C)CN2C(=O)C=CC2=O)C1=O. The maximum Gasteiger partial charge on any atom is 0.253 e. The van der Waals surface area contributed by atoms with Gasteiger partial charge in [0.05, 0.1) is 12.8 Å². The molecule has 5 rings (SSSR count). The quantitative estimate of drug-likeness (QED) is 0.0419. The van der Waals surface area contributed by atoms with E-state index in [0.29, 0.717) is 45.3 Å². The molecule has 4 aliphatic heterocycles. The second-order valence-corrected chi connectivity index (χ2v) is 27.9. The number of likely N-dealkylation sites (tertiary alicyclic amines) is 2. The minimum Gasteiger partial charge on any atom is -0.330 e. The molecule has 0 bridgehead atoms. The number of nitrogens with zero attached hydrogens (tertiary/aromatic N) is 6. The van der Waals surface area contributed by atoms with Gasteiger partial charge < -0.3 is 9.80 Å². The van der Waals surface area contributed by atoms with Gasteiger partial charge in [-0.3, -0.25) is 67.5 Å². The van der Waals surface area contributed by atoms with Gasteiger partial charge in [-0.2, -0.15) is 0 Å². The minimum absolute atomic E-state index is 0.00775. The van der Waals surface area contributed by atoms with E-state index < -0.39 is 17.6 Å². The summed E-state index contributed by atoms with van der Waals surface area (Å²) in [6, 6.07) is -1.55. The predicted octanol–water partition coefficient (Wildman–Crippen LogP) is 13.6. The van der Waals surface area contributed by atoms with Gasteiger partial charge in [-0.05, 0) is 114 Å². The molecule has 0 spiro atoms. The molecule has 496 valence electrons. The van der Waals surface area contributed by atoms with Crippen LogP contribution in [-0.2, 0) is 47.9 Å². The van der Waals surface area contributed by atoms with E-state index in [4.69, 9.17) is 0 Å². The molecule has 0 radical (unpaired) electrons. The monoisotopic (exact) mass is 1230 g/mol. The Morgan fingerprint density at radius 2 is 0.875 bits per heavy atom. The van der Waals surface area contributed by atoms with E-state index in [-0.39, 0.29) is 110 Å². The number of hydrogen-bond acceptors (Lipinski definition) is 10. The minimum atomic E-state index is -0.796. The molecule has 10 amide bonds. The molecule has 0 N–H and O–H groups in total. The summed E-state index contributed by atoms with van der Waals surface area (Å²) in [6.45, 7) is 17.7. The molecular formula is C72H118N6O10. The van der Waals surface area contributed by atoms with Gasteiger partial charge in [-0.1, -0.05) is 183 Å².